The van der Waals surface area contributed by atoms with Gasteiger partial charge in [-0.2, -0.15) is 11.3 Å². The molecule has 4 heteroatoms. The van der Waals surface area contributed by atoms with Gasteiger partial charge in [-0.05, 0) is 52.9 Å². The molecule has 2 nitrogen and oxygen atoms in total. The molecule has 2 aromatic rings. The molecule has 0 aliphatic rings. The highest BCUT2D eigenvalue weighted by molar-refractivity contribution is 7.07. The molecule has 1 atom stereocenters. The van der Waals surface area contributed by atoms with E-state index in [9.17, 15) is 0 Å². The van der Waals surface area contributed by atoms with Gasteiger partial charge in [-0.3, -0.25) is 11.3 Å². The summed E-state index contributed by atoms with van der Waals surface area (Å²) in [6, 6.07) is 10.3. The molecule has 0 bridgehead atoms. The molecule has 90 valence electrons. The molecule has 0 saturated carbocycles. The van der Waals surface area contributed by atoms with Crippen molar-refractivity contribution < 1.29 is 0 Å². The van der Waals surface area contributed by atoms with Crippen LogP contribution in [0.3, 0.4) is 0 Å². The van der Waals surface area contributed by atoms with Gasteiger partial charge >= 0.3 is 0 Å². The van der Waals surface area contributed by atoms with Crippen molar-refractivity contribution in [2.75, 3.05) is 0 Å². The van der Waals surface area contributed by atoms with E-state index in [1.807, 2.05) is 18.2 Å². The Hall–Kier alpha value is -0.870. The van der Waals surface area contributed by atoms with E-state index in [1.165, 1.54) is 11.1 Å². The number of hydrogen-bond donors (Lipinski definition) is 2. The molecular weight excluding hydrogens is 252 g/mol. The molecule has 2 rings (SSSR count). The third-order valence-corrected chi connectivity index (χ3v) is 3.64. The van der Waals surface area contributed by atoms with Crippen LogP contribution >= 0.6 is 22.9 Å². The first-order chi connectivity index (χ1) is 8.28. The molecule has 0 aliphatic carbocycles. The molecule has 0 amide bonds. The Bertz CT molecular complexity index is 456. The summed E-state index contributed by atoms with van der Waals surface area (Å²) in [4.78, 5) is 0. The Labute approximate surface area is 110 Å². The summed E-state index contributed by atoms with van der Waals surface area (Å²) in [6.45, 7) is 0. The Morgan fingerprint density at radius 1 is 1.24 bits per heavy atom. The zero-order chi connectivity index (χ0) is 12.1. The van der Waals surface area contributed by atoms with Crippen LogP contribution in [0.25, 0.3) is 0 Å². The fourth-order valence-corrected chi connectivity index (χ4v) is 2.73. The van der Waals surface area contributed by atoms with Crippen LogP contribution in [0.15, 0.2) is 41.1 Å². The number of hydrogen-bond acceptors (Lipinski definition) is 3. The summed E-state index contributed by atoms with van der Waals surface area (Å²) in [6.07, 6.45) is 1.82. The minimum Gasteiger partial charge on any atom is -0.271 e. The molecule has 1 unspecified atom stereocenters. The highest BCUT2D eigenvalue weighted by Gasteiger charge is 2.09. The van der Waals surface area contributed by atoms with Crippen molar-refractivity contribution >= 4 is 22.9 Å². The van der Waals surface area contributed by atoms with Crippen LogP contribution < -0.4 is 11.3 Å². The van der Waals surface area contributed by atoms with Gasteiger partial charge in [-0.1, -0.05) is 23.7 Å². The normalized spacial score (nSPS) is 12.6. The molecule has 0 fully saturated rings. The van der Waals surface area contributed by atoms with E-state index in [0.29, 0.717) is 0 Å². The second kappa shape index (κ2) is 6.17. The number of thiophene rings is 1. The van der Waals surface area contributed by atoms with Crippen LogP contribution in [0.4, 0.5) is 0 Å². The molecule has 1 aromatic carbocycles. The van der Waals surface area contributed by atoms with Gasteiger partial charge < -0.3 is 0 Å². The van der Waals surface area contributed by atoms with Crippen LogP contribution in [-0.2, 0) is 12.8 Å². The molecular formula is C13H15ClN2S. The van der Waals surface area contributed by atoms with Crippen LogP contribution in [-0.4, -0.2) is 6.04 Å². The first-order valence-electron chi connectivity index (χ1n) is 5.49. The predicted molar refractivity (Wildman–Crippen MR) is 74.3 cm³/mol. The summed E-state index contributed by atoms with van der Waals surface area (Å²) < 4.78 is 0. The predicted octanol–water partition coefficient (Wildman–Crippen LogP) is 3.02. The molecule has 0 saturated heterocycles. The van der Waals surface area contributed by atoms with Crippen molar-refractivity contribution in [2.45, 2.75) is 18.9 Å². The smallest absolute Gasteiger partial charge is 0.0408 e. The van der Waals surface area contributed by atoms with Crippen LogP contribution in [0.2, 0.25) is 5.02 Å². The Morgan fingerprint density at radius 2 is 2.06 bits per heavy atom. The summed E-state index contributed by atoms with van der Waals surface area (Å²) in [7, 11) is 0. The second-order valence-electron chi connectivity index (χ2n) is 4.03. The minimum absolute atomic E-state index is 0.239. The van der Waals surface area contributed by atoms with Gasteiger partial charge in [0, 0.05) is 11.1 Å². The molecule has 17 heavy (non-hydrogen) atoms. The van der Waals surface area contributed by atoms with Gasteiger partial charge in [-0.25, -0.2) is 0 Å². The van der Waals surface area contributed by atoms with Crippen LogP contribution in [0.1, 0.15) is 11.1 Å². The highest BCUT2D eigenvalue weighted by atomic mass is 35.5. The maximum Gasteiger partial charge on any atom is 0.0408 e. The average molecular weight is 267 g/mol. The lowest BCUT2D eigenvalue weighted by Gasteiger charge is -2.15. The van der Waals surface area contributed by atoms with E-state index in [4.69, 9.17) is 17.4 Å². The summed E-state index contributed by atoms with van der Waals surface area (Å²) >= 11 is 7.68. The van der Waals surface area contributed by atoms with Crippen molar-refractivity contribution in [2.24, 2.45) is 5.84 Å². The molecule has 0 aliphatic heterocycles. The van der Waals surface area contributed by atoms with E-state index < -0.39 is 0 Å². The summed E-state index contributed by atoms with van der Waals surface area (Å²) in [5.74, 6) is 5.60. The van der Waals surface area contributed by atoms with Crippen molar-refractivity contribution in [1.82, 2.24) is 5.43 Å². The van der Waals surface area contributed by atoms with Crippen molar-refractivity contribution in [1.29, 1.82) is 0 Å². The maximum absolute atomic E-state index is 5.96. The van der Waals surface area contributed by atoms with Crippen LogP contribution in [0.5, 0.6) is 0 Å². The Balaban J connectivity index is 2.00. The monoisotopic (exact) mass is 266 g/mol. The van der Waals surface area contributed by atoms with Gasteiger partial charge in [0.2, 0.25) is 0 Å². The number of nitrogens with one attached hydrogen (secondary N) is 1. The highest BCUT2D eigenvalue weighted by Crippen LogP contribution is 2.15. The quantitative estimate of drug-likeness (QED) is 0.645. The third kappa shape index (κ3) is 3.82. The van der Waals surface area contributed by atoms with Gasteiger partial charge in [0.05, 0.1) is 0 Å². The Kier molecular flexibility index (Phi) is 4.57. The van der Waals surface area contributed by atoms with Gasteiger partial charge in [-0.15, -0.1) is 0 Å². The number of rotatable bonds is 5. The van der Waals surface area contributed by atoms with Crippen molar-refractivity contribution in [3.63, 3.8) is 0 Å². The first-order valence-corrected chi connectivity index (χ1v) is 6.81. The Morgan fingerprint density at radius 3 is 2.71 bits per heavy atom. The number of halogens is 1. The molecule has 0 spiro atoms. The largest absolute Gasteiger partial charge is 0.271 e. The third-order valence-electron chi connectivity index (χ3n) is 2.67. The summed E-state index contributed by atoms with van der Waals surface area (Å²) in [5, 5.41) is 5.01. The second-order valence-corrected chi connectivity index (χ2v) is 5.25. The molecule has 1 heterocycles. The number of benzene rings is 1. The molecule has 3 N–H and O–H groups in total. The number of hydrazine groups is 1. The topological polar surface area (TPSA) is 38.0 Å². The zero-order valence-electron chi connectivity index (χ0n) is 9.40. The lowest BCUT2D eigenvalue weighted by atomic mass is 10.0. The maximum atomic E-state index is 5.96. The first kappa shape index (κ1) is 12.6. The van der Waals surface area contributed by atoms with Crippen molar-refractivity contribution in [3.05, 3.63) is 57.2 Å². The van der Waals surface area contributed by atoms with Crippen molar-refractivity contribution in [3.8, 4) is 0 Å². The van der Waals surface area contributed by atoms with E-state index in [2.05, 4.69) is 28.3 Å². The van der Waals surface area contributed by atoms with Gasteiger partial charge in [0.1, 0.15) is 0 Å². The van der Waals surface area contributed by atoms with E-state index in [-0.39, 0.29) is 6.04 Å². The zero-order valence-corrected chi connectivity index (χ0v) is 11.0. The van der Waals surface area contributed by atoms with Crippen LogP contribution in [0, 0.1) is 0 Å². The fourth-order valence-electron chi connectivity index (χ4n) is 1.83. The average Bonchev–Trinajstić information content (AvgIpc) is 2.81. The standard InChI is InChI=1S/C13H15ClN2S/c14-12-3-1-2-10(6-12)7-13(16-15)8-11-4-5-17-9-11/h1-6,9,13,16H,7-8,15H2. The lowest BCUT2D eigenvalue weighted by Crippen LogP contribution is -2.38. The lowest BCUT2D eigenvalue weighted by molar-refractivity contribution is 0.523. The van der Waals surface area contributed by atoms with Gasteiger partial charge in [0.15, 0.2) is 0 Å². The molecule has 0 radical (unpaired) electrons. The van der Waals surface area contributed by atoms with E-state index in [0.717, 1.165) is 17.9 Å². The summed E-state index contributed by atoms with van der Waals surface area (Å²) in [5.41, 5.74) is 5.39. The van der Waals surface area contributed by atoms with E-state index in [1.54, 1.807) is 11.3 Å². The number of nitrogens with two attached hydrogens (primary N) is 1. The SMILES string of the molecule is NNC(Cc1ccsc1)Cc1cccc(Cl)c1. The van der Waals surface area contributed by atoms with E-state index >= 15 is 0 Å². The molecule has 1 aromatic heterocycles. The minimum atomic E-state index is 0.239. The van der Waals surface area contributed by atoms with Gasteiger partial charge in [0.25, 0.3) is 0 Å². The fraction of sp³-hybridized carbons (Fsp3) is 0.231.